The van der Waals surface area contributed by atoms with Crippen molar-refractivity contribution in [1.29, 1.82) is 0 Å². The van der Waals surface area contributed by atoms with Crippen LogP contribution in [0.3, 0.4) is 0 Å². The van der Waals surface area contributed by atoms with E-state index in [4.69, 9.17) is 80.8 Å². The van der Waals surface area contributed by atoms with Crippen molar-refractivity contribution >= 4 is 128 Å². The molecule has 1 rings (SSSR count). The van der Waals surface area contributed by atoms with E-state index in [1.54, 1.807) is 0 Å². The molecule has 0 aromatic heterocycles. The first-order chi connectivity index (χ1) is 20.9. The van der Waals surface area contributed by atoms with Crippen LogP contribution in [0.1, 0.15) is 0 Å². The zero-order valence-electron chi connectivity index (χ0n) is 21.4. The number of rotatable bonds is 0. The van der Waals surface area contributed by atoms with Crippen LogP contribution in [0.2, 0.25) is 0 Å². The van der Waals surface area contributed by atoms with Crippen molar-refractivity contribution in [3.05, 3.63) is 0 Å². The molecular formula is C16H24Cl8Fe4N8O8. The zero-order chi connectivity index (χ0) is 34.8. The van der Waals surface area contributed by atoms with Gasteiger partial charge in [-0.2, -0.15) is 0 Å². The summed E-state index contributed by atoms with van der Waals surface area (Å²) in [6.45, 7) is -1.16. The molecule has 44 heavy (non-hydrogen) atoms. The fraction of sp³-hybridized carbons (Fsp3) is 0.500. The maximum absolute atomic E-state index is 11.6. The number of nitrogens with one attached hydrogen (secondary N) is 8. The Morgan fingerprint density at radius 2 is 0.341 bits per heavy atom. The Morgan fingerprint density at radius 3 is 0.409 bits per heavy atom. The van der Waals surface area contributed by atoms with E-state index in [1.165, 1.54) is 0 Å². The third-order valence-corrected chi connectivity index (χ3v) is 3.61. The van der Waals surface area contributed by atoms with Crippen LogP contribution in [-0.4, -0.2) is 99.6 Å². The Bertz CT molecular complexity index is 692. The number of hydrogen-bond donors (Lipinski definition) is 8. The van der Waals surface area contributed by atoms with Crippen LogP contribution in [0.25, 0.3) is 0 Å². The number of halogens is 8. The summed E-state index contributed by atoms with van der Waals surface area (Å²) in [4.78, 5) is 92.8. The van der Waals surface area contributed by atoms with E-state index in [2.05, 4.69) is 42.5 Å². The predicted molar refractivity (Wildman–Crippen MR) is 151 cm³/mol. The van der Waals surface area contributed by atoms with Gasteiger partial charge in [0.1, 0.15) is 0 Å². The van der Waals surface area contributed by atoms with Crippen LogP contribution in [-0.2, 0) is 90.9 Å². The van der Waals surface area contributed by atoms with Crippen molar-refractivity contribution in [2.45, 2.75) is 0 Å². The second kappa shape index (κ2) is 39.3. The van der Waals surface area contributed by atoms with Crippen LogP contribution in [0, 0.1) is 0 Å². The van der Waals surface area contributed by atoms with Gasteiger partial charge in [-0.3, -0.25) is 38.4 Å². The Balaban J connectivity index is -0.000000572. The van der Waals surface area contributed by atoms with Crippen LogP contribution in [0.4, 0.5) is 0 Å². The molecule has 0 aromatic rings. The summed E-state index contributed by atoms with van der Waals surface area (Å²) < 4.78 is 0. The van der Waals surface area contributed by atoms with Gasteiger partial charge >= 0.3 is 181 Å². The molecule has 264 valence electrons. The molecule has 1 fully saturated rings. The quantitative estimate of drug-likeness (QED) is 0.104. The minimum absolute atomic E-state index is 0.145. The molecule has 1 saturated heterocycles. The summed E-state index contributed by atoms with van der Waals surface area (Å²) >= 11 is 0.778. The summed E-state index contributed by atoms with van der Waals surface area (Å²) in [5.41, 5.74) is 0. The van der Waals surface area contributed by atoms with Gasteiger partial charge in [-0.25, -0.2) is 0 Å². The second-order valence-electron chi connectivity index (χ2n) is 6.25. The molecule has 0 unspecified atom stereocenters. The molecule has 8 amide bonds. The van der Waals surface area contributed by atoms with Gasteiger partial charge in [0.15, 0.2) is 0 Å². The molecule has 0 spiro atoms. The minimum atomic E-state index is -1.000. The fourth-order valence-electron chi connectivity index (χ4n) is 2.05. The standard InChI is InChI=1S/C16H24N8O8.8ClH.4Fe/c25-9-10(26)19-3-4-21-13(29)14(30)23-7-8-24-16(32)15(31)22-6-5-20-12(28)11(27)18-2-1-17-9;;;;;;;;;;;;/h1-8H2,(H,17,25)(H,18,27)(H,19,26)(H,20,28)(H,21,29)(H,22,31)(H,23,30)(H,24,32);8*1H;;;;/q;;;;;;;;;4*+2/p-8. The molecule has 0 aromatic carbocycles. The van der Waals surface area contributed by atoms with Gasteiger partial charge in [0.2, 0.25) is 0 Å². The Labute approximate surface area is 310 Å². The molecule has 0 atom stereocenters. The van der Waals surface area contributed by atoms with E-state index in [9.17, 15) is 38.4 Å². The van der Waals surface area contributed by atoms with Gasteiger partial charge < -0.3 is 42.5 Å². The average Bonchev–Trinajstić information content (AvgIpc) is 2.98. The van der Waals surface area contributed by atoms with Crippen molar-refractivity contribution in [2.24, 2.45) is 0 Å². The molecule has 0 radical (unpaired) electrons. The summed E-state index contributed by atoms with van der Waals surface area (Å²) in [5, 5.41) is 17.7. The predicted octanol–water partition coefficient (Wildman–Crippen LogP) is -1.56. The Morgan fingerprint density at radius 1 is 0.273 bits per heavy atom. The second-order valence-corrected chi connectivity index (χ2v) is 13.5. The van der Waals surface area contributed by atoms with E-state index >= 15 is 0 Å². The van der Waals surface area contributed by atoms with Crippen molar-refractivity contribution < 1.29 is 90.9 Å². The Hall–Kier alpha value is 0.158. The summed E-state index contributed by atoms with van der Waals surface area (Å²) in [7, 11) is 38.1. The molecular weight excluding hydrogens is 939 g/mol. The van der Waals surface area contributed by atoms with Gasteiger partial charge in [-0.05, 0) is 0 Å². The fourth-order valence-corrected chi connectivity index (χ4v) is 2.05. The SMILES string of the molecule is O=C1NCCNC(=O)C(=O)NCCNC(=O)C(=O)NCCNC(=O)C(=O)NCCNC1=O.[Cl][Fe][Cl].[Cl][Fe][Cl].[Cl][Fe][Cl].[Cl][Fe][Cl]. The van der Waals surface area contributed by atoms with Crippen molar-refractivity contribution in [3.63, 3.8) is 0 Å². The van der Waals surface area contributed by atoms with E-state index in [0.29, 0.717) is 0 Å². The van der Waals surface area contributed by atoms with Crippen molar-refractivity contribution in [1.82, 2.24) is 42.5 Å². The first-order valence-corrected chi connectivity index (χ1v) is 22.7. The van der Waals surface area contributed by atoms with Crippen molar-refractivity contribution in [2.75, 3.05) is 52.4 Å². The summed E-state index contributed by atoms with van der Waals surface area (Å²) in [5.74, 6) is -8.00. The number of hydrogen-bond acceptors (Lipinski definition) is 8. The maximum atomic E-state index is 11.6. The summed E-state index contributed by atoms with van der Waals surface area (Å²) in [6.07, 6.45) is 0. The van der Waals surface area contributed by atoms with Crippen LogP contribution < -0.4 is 42.5 Å². The summed E-state index contributed by atoms with van der Waals surface area (Å²) in [6, 6.07) is 0. The number of carbonyl (C=O) groups excluding carboxylic acids is 8. The first-order valence-electron chi connectivity index (χ1n) is 10.5. The third kappa shape index (κ3) is 36.6. The third-order valence-electron chi connectivity index (χ3n) is 3.61. The molecule has 1 aliphatic heterocycles. The van der Waals surface area contributed by atoms with E-state index in [-0.39, 0.29) is 105 Å². The van der Waals surface area contributed by atoms with Crippen LogP contribution in [0.5, 0.6) is 0 Å². The molecule has 0 aliphatic carbocycles. The molecule has 0 bridgehead atoms. The first kappa shape index (κ1) is 51.0. The number of amides is 8. The van der Waals surface area contributed by atoms with E-state index < -0.39 is 47.3 Å². The molecule has 16 nitrogen and oxygen atoms in total. The molecule has 8 N–H and O–H groups in total. The molecule has 1 aliphatic rings. The van der Waals surface area contributed by atoms with Gasteiger partial charge in [0.05, 0.1) is 0 Å². The average molecular weight is 963 g/mol. The monoisotopic (exact) mass is 960 g/mol. The normalized spacial score (nSPS) is 16.2. The van der Waals surface area contributed by atoms with Crippen LogP contribution in [0.15, 0.2) is 0 Å². The Kier molecular flexibility index (Phi) is 45.6. The van der Waals surface area contributed by atoms with Gasteiger partial charge in [0.25, 0.3) is 0 Å². The molecule has 28 heteroatoms. The molecule has 1 heterocycles. The molecule has 0 saturated carbocycles. The van der Waals surface area contributed by atoms with E-state index in [1.807, 2.05) is 0 Å². The van der Waals surface area contributed by atoms with Gasteiger partial charge in [0, 0.05) is 52.4 Å². The number of carbonyl (C=O) groups is 8. The van der Waals surface area contributed by atoms with E-state index in [0.717, 1.165) is 0 Å². The van der Waals surface area contributed by atoms with Crippen LogP contribution >= 0.6 is 80.8 Å². The topological polar surface area (TPSA) is 233 Å². The van der Waals surface area contributed by atoms with Crippen molar-refractivity contribution in [3.8, 4) is 0 Å². The zero-order valence-corrected chi connectivity index (χ0v) is 31.8. The van der Waals surface area contributed by atoms with Gasteiger partial charge in [-0.15, -0.1) is 0 Å². The van der Waals surface area contributed by atoms with Gasteiger partial charge in [-0.1, -0.05) is 0 Å².